The molecule has 0 aliphatic rings. The highest BCUT2D eigenvalue weighted by Gasteiger charge is 2.16. The fourth-order valence-electron chi connectivity index (χ4n) is 1.45. The number of nitrogens with zero attached hydrogens (tertiary/aromatic N) is 3. The fraction of sp³-hybridized carbons (Fsp3) is 0.750. The maximum absolute atomic E-state index is 11.7. The van der Waals surface area contributed by atoms with E-state index in [0.717, 1.165) is 17.5 Å². The Kier molecular flexibility index (Phi) is 5.53. The first-order valence-corrected chi connectivity index (χ1v) is 7.09. The zero-order valence-corrected chi connectivity index (χ0v) is 12.5. The van der Waals surface area contributed by atoms with Gasteiger partial charge in [0.15, 0.2) is 0 Å². The van der Waals surface area contributed by atoms with Crippen LogP contribution in [0, 0.1) is 0 Å². The first-order valence-electron chi connectivity index (χ1n) is 6.32. The molecular formula is C12H22N4OS. The van der Waals surface area contributed by atoms with Gasteiger partial charge < -0.3 is 10.2 Å². The zero-order valence-electron chi connectivity index (χ0n) is 11.7. The Morgan fingerprint density at radius 3 is 2.50 bits per heavy atom. The molecule has 0 radical (unpaired) electrons. The van der Waals surface area contributed by atoms with Crippen LogP contribution < -0.4 is 10.2 Å². The van der Waals surface area contributed by atoms with Gasteiger partial charge in [0, 0.05) is 30.0 Å². The van der Waals surface area contributed by atoms with Crippen LogP contribution in [0.25, 0.3) is 0 Å². The largest absolute Gasteiger partial charge is 0.352 e. The van der Waals surface area contributed by atoms with Gasteiger partial charge in [-0.05, 0) is 20.8 Å². The van der Waals surface area contributed by atoms with Crippen molar-refractivity contribution >= 4 is 22.6 Å². The minimum Gasteiger partial charge on any atom is -0.352 e. The van der Waals surface area contributed by atoms with Crippen LogP contribution in [0.4, 0.5) is 5.13 Å². The third-order valence-electron chi connectivity index (χ3n) is 2.38. The summed E-state index contributed by atoms with van der Waals surface area (Å²) in [4.78, 5) is 18.2. The van der Waals surface area contributed by atoms with Crippen LogP contribution in [0.1, 0.15) is 46.4 Å². The lowest BCUT2D eigenvalue weighted by atomic mass is 10.2. The van der Waals surface area contributed by atoms with Crippen LogP contribution in [0.15, 0.2) is 0 Å². The molecule has 0 aliphatic heterocycles. The highest BCUT2D eigenvalue weighted by Crippen LogP contribution is 2.20. The van der Waals surface area contributed by atoms with Crippen molar-refractivity contribution in [2.24, 2.45) is 0 Å². The van der Waals surface area contributed by atoms with Crippen molar-refractivity contribution in [3.05, 3.63) is 5.82 Å². The molecule has 0 atom stereocenters. The van der Waals surface area contributed by atoms with Gasteiger partial charge in [-0.1, -0.05) is 13.8 Å². The summed E-state index contributed by atoms with van der Waals surface area (Å²) in [5.41, 5.74) is 0. The molecule has 0 spiro atoms. The predicted molar refractivity (Wildman–Crippen MR) is 75.2 cm³/mol. The van der Waals surface area contributed by atoms with Crippen molar-refractivity contribution in [2.45, 2.75) is 46.6 Å². The maximum atomic E-state index is 11.7. The normalized spacial score (nSPS) is 11.1. The Hall–Kier alpha value is -1.17. The molecule has 1 N–H and O–H groups in total. The quantitative estimate of drug-likeness (QED) is 0.859. The standard InChI is InChI=1S/C12H22N4OS/c1-6-16(7-10(17)13-9(4)5)12-14-11(8(2)3)15-18-12/h8-9H,6-7H2,1-5H3,(H,13,17). The second-order valence-corrected chi connectivity index (χ2v) is 5.56. The van der Waals surface area contributed by atoms with E-state index in [1.807, 2.05) is 25.7 Å². The highest BCUT2D eigenvalue weighted by molar-refractivity contribution is 7.09. The van der Waals surface area contributed by atoms with Crippen LogP contribution in [-0.2, 0) is 4.79 Å². The Labute approximate surface area is 113 Å². The zero-order chi connectivity index (χ0) is 13.7. The predicted octanol–water partition coefficient (Wildman–Crippen LogP) is 2.01. The van der Waals surface area contributed by atoms with Crippen molar-refractivity contribution in [3.8, 4) is 0 Å². The Balaban J connectivity index is 2.67. The van der Waals surface area contributed by atoms with Gasteiger partial charge >= 0.3 is 0 Å². The molecule has 1 rings (SSSR count). The SMILES string of the molecule is CCN(CC(=O)NC(C)C)c1nc(C(C)C)ns1. The molecule has 1 aromatic rings. The monoisotopic (exact) mass is 270 g/mol. The van der Waals surface area contributed by atoms with E-state index in [1.54, 1.807) is 0 Å². The third kappa shape index (κ3) is 4.25. The minimum absolute atomic E-state index is 0.0214. The molecule has 102 valence electrons. The summed E-state index contributed by atoms with van der Waals surface area (Å²) < 4.78 is 4.31. The van der Waals surface area contributed by atoms with Crippen LogP contribution in [0.3, 0.4) is 0 Å². The molecule has 1 aromatic heterocycles. The lowest BCUT2D eigenvalue weighted by molar-refractivity contribution is -0.120. The summed E-state index contributed by atoms with van der Waals surface area (Å²) in [6.45, 7) is 11.1. The van der Waals surface area contributed by atoms with Gasteiger partial charge in [0.1, 0.15) is 5.82 Å². The fourth-order valence-corrected chi connectivity index (χ4v) is 2.32. The number of anilines is 1. The van der Waals surface area contributed by atoms with Crippen molar-refractivity contribution < 1.29 is 4.79 Å². The smallest absolute Gasteiger partial charge is 0.239 e. The van der Waals surface area contributed by atoms with E-state index in [9.17, 15) is 4.79 Å². The van der Waals surface area contributed by atoms with Gasteiger partial charge in [-0.15, -0.1) is 0 Å². The molecule has 0 fully saturated rings. The number of nitrogens with one attached hydrogen (secondary N) is 1. The van der Waals surface area contributed by atoms with E-state index in [2.05, 4.69) is 28.5 Å². The minimum atomic E-state index is 0.0214. The Morgan fingerprint density at radius 1 is 1.39 bits per heavy atom. The van der Waals surface area contributed by atoms with Gasteiger partial charge in [0.05, 0.1) is 6.54 Å². The molecule has 0 aromatic carbocycles. The topological polar surface area (TPSA) is 58.1 Å². The van der Waals surface area contributed by atoms with E-state index in [4.69, 9.17) is 0 Å². The second-order valence-electron chi connectivity index (χ2n) is 4.83. The van der Waals surface area contributed by atoms with E-state index >= 15 is 0 Å². The summed E-state index contributed by atoms with van der Waals surface area (Å²) in [5.74, 6) is 1.18. The van der Waals surface area contributed by atoms with Crippen LogP contribution in [0.2, 0.25) is 0 Å². The van der Waals surface area contributed by atoms with Crippen molar-refractivity contribution in [1.29, 1.82) is 0 Å². The van der Waals surface area contributed by atoms with E-state index in [0.29, 0.717) is 12.5 Å². The summed E-state index contributed by atoms with van der Waals surface area (Å²) in [7, 11) is 0. The van der Waals surface area contributed by atoms with Gasteiger partial charge in [-0.3, -0.25) is 4.79 Å². The Bertz CT molecular complexity index is 389. The maximum Gasteiger partial charge on any atom is 0.239 e. The molecule has 0 saturated heterocycles. The number of amides is 1. The average Bonchev–Trinajstić information content (AvgIpc) is 2.74. The van der Waals surface area contributed by atoms with Crippen molar-refractivity contribution in [2.75, 3.05) is 18.0 Å². The molecule has 5 nitrogen and oxygen atoms in total. The van der Waals surface area contributed by atoms with E-state index in [-0.39, 0.29) is 11.9 Å². The molecule has 0 bridgehead atoms. The number of hydrogen-bond donors (Lipinski definition) is 1. The molecule has 6 heteroatoms. The number of hydrogen-bond acceptors (Lipinski definition) is 5. The second kappa shape index (κ2) is 6.68. The van der Waals surface area contributed by atoms with Gasteiger partial charge in [-0.2, -0.15) is 4.37 Å². The first kappa shape index (κ1) is 14.9. The van der Waals surface area contributed by atoms with Crippen LogP contribution >= 0.6 is 11.5 Å². The summed E-state index contributed by atoms with van der Waals surface area (Å²) in [6.07, 6.45) is 0. The number of carbonyl (C=O) groups excluding carboxylic acids is 1. The lowest BCUT2D eigenvalue weighted by Crippen LogP contribution is -2.40. The van der Waals surface area contributed by atoms with Gasteiger partial charge in [-0.25, -0.2) is 4.98 Å². The summed E-state index contributed by atoms with van der Waals surface area (Å²) in [5, 5.41) is 3.70. The summed E-state index contributed by atoms with van der Waals surface area (Å²) in [6, 6.07) is 0.164. The van der Waals surface area contributed by atoms with Crippen LogP contribution in [-0.4, -0.2) is 34.4 Å². The number of carbonyl (C=O) groups is 1. The molecule has 0 aliphatic carbocycles. The number of rotatable bonds is 6. The third-order valence-corrected chi connectivity index (χ3v) is 3.17. The van der Waals surface area contributed by atoms with Crippen molar-refractivity contribution in [3.63, 3.8) is 0 Å². The van der Waals surface area contributed by atoms with E-state index < -0.39 is 0 Å². The lowest BCUT2D eigenvalue weighted by Gasteiger charge is -2.19. The molecular weight excluding hydrogens is 248 g/mol. The summed E-state index contributed by atoms with van der Waals surface area (Å²) >= 11 is 1.36. The van der Waals surface area contributed by atoms with Crippen LogP contribution in [0.5, 0.6) is 0 Å². The number of likely N-dealkylation sites (N-methyl/N-ethyl adjacent to an activating group) is 1. The molecule has 0 unspecified atom stereocenters. The molecule has 1 heterocycles. The van der Waals surface area contributed by atoms with E-state index in [1.165, 1.54) is 11.5 Å². The van der Waals surface area contributed by atoms with Crippen molar-refractivity contribution in [1.82, 2.24) is 14.7 Å². The molecule has 0 saturated carbocycles. The Morgan fingerprint density at radius 2 is 2.06 bits per heavy atom. The first-order chi connectivity index (χ1) is 8.43. The molecule has 18 heavy (non-hydrogen) atoms. The van der Waals surface area contributed by atoms with Gasteiger partial charge in [0.25, 0.3) is 0 Å². The highest BCUT2D eigenvalue weighted by atomic mass is 32.1. The average molecular weight is 270 g/mol. The van der Waals surface area contributed by atoms with Gasteiger partial charge in [0.2, 0.25) is 11.0 Å². The molecule has 1 amide bonds. The number of aromatic nitrogens is 2.